The fourth-order valence-corrected chi connectivity index (χ4v) is 3.00. The van der Waals surface area contributed by atoms with Crippen molar-refractivity contribution in [3.63, 3.8) is 0 Å². The van der Waals surface area contributed by atoms with Gasteiger partial charge in [0.25, 0.3) is 0 Å². The van der Waals surface area contributed by atoms with Crippen LogP contribution in [0.4, 0.5) is 0 Å². The lowest BCUT2D eigenvalue weighted by Gasteiger charge is -2.07. The number of fused-ring (bicyclic) bond motifs is 1. The number of benzene rings is 3. The van der Waals surface area contributed by atoms with E-state index in [0.29, 0.717) is 18.9 Å². The average Bonchev–Trinajstić information content (AvgIpc) is 3.08. The topological polar surface area (TPSA) is 52.3 Å². The molecule has 0 aliphatic rings. The Labute approximate surface area is 157 Å². The van der Waals surface area contributed by atoms with E-state index in [2.05, 4.69) is 4.98 Å². The zero-order valence-electron chi connectivity index (χ0n) is 15.0. The number of aryl methyl sites for hydroxylation is 1. The Kier molecular flexibility index (Phi) is 4.71. The van der Waals surface area contributed by atoms with E-state index in [1.807, 2.05) is 73.7 Å². The molecule has 4 nitrogen and oxygen atoms in total. The Morgan fingerprint density at radius 3 is 2.59 bits per heavy atom. The van der Waals surface area contributed by atoms with E-state index in [1.165, 1.54) is 0 Å². The van der Waals surface area contributed by atoms with Gasteiger partial charge < -0.3 is 13.9 Å². The Bertz CT molecular complexity index is 1080. The number of ether oxygens (including phenoxy) is 1. The van der Waals surface area contributed by atoms with Crippen molar-refractivity contribution in [1.82, 2.24) is 4.98 Å². The second-order valence-corrected chi connectivity index (χ2v) is 6.39. The summed E-state index contributed by atoms with van der Waals surface area (Å²) >= 11 is 0. The SMILES string of the molecule is Cc1oc(-c2ccccc2)nc1COc1ccc2cc(CC=O)ccc2c1. The number of hydrogen-bond acceptors (Lipinski definition) is 4. The van der Waals surface area contributed by atoms with Gasteiger partial charge in [-0.3, -0.25) is 0 Å². The number of carbonyl (C=O) groups is 1. The molecule has 0 amide bonds. The molecular weight excluding hydrogens is 338 g/mol. The smallest absolute Gasteiger partial charge is 0.226 e. The summed E-state index contributed by atoms with van der Waals surface area (Å²) in [6.07, 6.45) is 1.35. The predicted octanol–water partition coefficient (Wildman–Crippen LogP) is 5.12. The maximum atomic E-state index is 10.7. The van der Waals surface area contributed by atoms with Crippen LogP contribution in [0.5, 0.6) is 5.75 Å². The molecule has 0 atom stereocenters. The Balaban J connectivity index is 1.51. The molecule has 0 spiro atoms. The Morgan fingerprint density at radius 1 is 1.00 bits per heavy atom. The second kappa shape index (κ2) is 7.46. The molecule has 0 bridgehead atoms. The van der Waals surface area contributed by atoms with E-state index in [9.17, 15) is 4.79 Å². The minimum Gasteiger partial charge on any atom is -0.487 e. The molecule has 134 valence electrons. The van der Waals surface area contributed by atoms with E-state index in [4.69, 9.17) is 9.15 Å². The summed E-state index contributed by atoms with van der Waals surface area (Å²) in [5.41, 5.74) is 2.75. The van der Waals surface area contributed by atoms with E-state index < -0.39 is 0 Å². The molecule has 1 aromatic heterocycles. The highest BCUT2D eigenvalue weighted by Crippen LogP contribution is 2.25. The lowest BCUT2D eigenvalue weighted by Crippen LogP contribution is -1.97. The Hall–Kier alpha value is -3.40. The molecule has 0 saturated heterocycles. The van der Waals surface area contributed by atoms with E-state index >= 15 is 0 Å². The van der Waals surface area contributed by atoms with Crippen LogP contribution in [0.3, 0.4) is 0 Å². The number of hydrogen-bond donors (Lipinski definition) is 0. The van der Waals surface area contributed by atoms with Gasteiger partial charge in [-0.25, -0.2) is 4.98 Å². The van der Waals surface area contributed by atoms with Crippen molar-refractivity contribution in [1.29, 1.82) is 0 Å². The zero-order valence-corrected chi connectivity index (χ0v) is 15.0. The normalized spacial score (nSPS) is 10.9. The number of nitrogens with zero attached hydrogens (tertiary/aromatic N) is 1. The molecule has 0 fully saturated rings. The van der Waals surface area contributed by atoms with Crippen LogP contribution >= 0.6 is 0 Å². The quantitative estimate of drug-likeness (QED) is 0.449. The third-order valence-corrected chi connectivity index (χ3v) is 4.48. The number of rotatable bonds is 6. The van der Waals surface area contributed by atoms with E-state index in [-0.39, 0.29) is 0 Å². The minimum absolute atomic E-state index is 0.344. The first-order chi connectivity index (χ1) is 13.2. The van der Waals surface area contributed by atoms with Gasteiger partial charge in [-0.1, -0.05) is 42.5 Å². The zero-order chi connectivity index (χ0) is 18.6. The van der Waals surface area contributed by atoms with Gasteiger partial charge in [0, 0.05) is 12.0 Å². The van der Waals surface area contributed by atoms with Gasteiger partial charge in [0.1, 0.15) is 30.1 Å². The van der Waals surface area contributed by atoms with Crippen LogP contribution in [-0.2, 0) is 17.8 Å². The molecule has 4 aromatic rings. The maximum absolute atomic E-state index is 10.7. The van der Waals surface area contributed by atoms with Crippen molar-refractivity contribution in [2.24, 2.45) is 0 Å². The van der Waals surface area contributed by atoms with Crippen LogP contribution < -0.4 is 4.74 Å². The van der Waals surface area contributed by atoms with Crippen LogP contribution in [-0.4, -0.2) is 11.3 Å². The molecule has 1 heterocycles. The van der Waals surface area contributed by atoms with Crippen molar-refractivity contribution in [2.75, 3.05) is 0 Å². The standard InChI is InChI=1S/C23H19NO3/c1-16-22(24-23(27-16)18-5-3-2-4-6-18)15-26-21-10-9-19-13-17(11-12-25)7-8-20(19)14-21/h2-10,12-14H,11,15H2,1H3. The van der Waals surface area contributed by atoms with Gasteiger partial charge in [-0.2, -0.15) is 0 Å². The predicted molar refractivity (Wildman–Crippen MR) is 105 cm³/mol. The third kappa shape index (κ3) is 3.75. The summed E-state index contributed by atoms with van der Waals surface area (Å²) in [5.74, 6) is 2.13. The molecule has 0 N–H and O–H groups in total. The summed E-state index contributed by atoms with van der Waals surface area (Å²) < 4.78 is 11.7. The van der Waals surface area contributed by atoms with Gasteiger partial charge in [-0.15, -0.1) is 0 Å². The van der Waals surface area contributed by atoms with Gasteiger partial charge >= 0.3 is 0 Å². The van der Waals surface area contributed by atoms with Crippen LogP contribution in [0.15, 0.2) is 71.1 Å². The maximum Gasteiger partial charge on any atom is 0.226 e. The third-order valence-electron chi connectivity index (χ3n) is 4.48. The number of oxazole rings is 1. The Morgan fingerprint density at radius 2 is 1.78 bits per heavy atom. The summed E-state index contributed by atoms with van der Waals surface area (Å²) in [5, 5.41) is 2.16. The van der Waals surface area contributed by atoms with Crippen molar-refractivity contribution >= 4 is 17.1 Å². The largest absolute Gasteiger partial charge is 0.487 e. The molecular formula is C23H19NO3. The highest BCUT2D eigenvalue weighted by Gasteiger charge is 2.12. The van der Waals surface area contributed by atoms with E-state index in [1.54, 1.807) is 0 Å². The van der Waals surface area contributed by atoms with Crippen LogP contribution in [0.25, 0.3) is 22.2 Å². The monoisotopic (exact) mass is 357 g/mol. The molecule has 27 heavy (non-hydrogen) atoms. The fourth-order valence-electron chi connectivity index (χ4n) is 3.00. The van der Waals surface area contributed by atoms with Crippen molar-refractivity contribution < 1.29 is 13.9 Å². The highest BCUT2D eigenvalue weighted by atomic mass is 16.5. The lowest BCUT2D eigenvalue weighted by molar-refractivity contribution is -0.107. The average molecular weight is 357 g/mol. The van der Waals surface area contributed by atoms with Gasteiger partial charge in [-0.05, 0) is 47.5 Å². The van der Waals surface area contributed by atoms with E-state index in [0.717, 1.165) is 45.4 Å². The van der Waals surface area contributed by atoms with Gasteiger partial charge in [0.2, 0.25) is 5.89 Å². The first kappa shape index (κ1) is 17.0. The summed E-state index contributed by atoms with van der Waals surface area (Å²) in [4.78, 5) is 15.2. The van der Waals surface area contributed by atoms with Gasteiger partial charge in [0.05, 0.1) is 0 Å². The molecule has 0 saturated carbocycles. The van der Waals surface area contributed by atoms with Crippen LogP contribution in [0.2, 0.25) is 0 Å². The molecule has 0 aliphatic heterocycles. The molecule has 0 unspecified atom stereocenters. The molecule has 4 rings (SSSR count). The highest BCUT2D eigenvalue weighted by molar-refractivity contribution is 5.85. The summed E-state index contributed by atoms with van der Waals surface area (Å²) in [7, 11) is 0. The van der Waals surface area contributed by atoms with Crippen LogP contribution in [0, 0.1) is 6.92 Å². The molecule has 3 aromatic carbocycles. The van der Waals surface area contributed by atoms with Crippen molar-refractivity contribution in [2.45, 2.75) is 20.0 Å². The number of aromatic nitrogens is 1. The molecule has 4 heteroatoms. The van der Waals surface area contributed by atoms with Crippen LogP contribution in [0.1, 0.15) is 17.0 Å². The first-order valence-corrected chi connectivity index (χ1v) is 8.84. The van der Waals surface area contributed by atoms with Crippen molar-refractivity contribution in [3.05, 3.63) is 83.7 Å². The first-order valence-electron chi connectivity index (χ1n) is 8.84. The van der Waals surface area contributed by atoms with Crippen molar-refractivity contribution in [3.8, 4) is 17.2 Å². The minimum atomic E-state index is 0.344. The second-order valence-electron chi connectivity index (χ2n) is 6.39. The fraction of sp³-hybridized carbons (Fsp3) is 0.130. The number of aldehydes is 1. The molecule has 0 aliphatic carbocycles. The molecule has 0 radical (unpaired) electrons. The van der Waals surface area contributed by atoms with Gasteiger partial charge in [0.15, 0.2) is 0 Å². The lowest BCUT2D eigenvalue weighted by atomic mass is 10.1. The summed E-state index contributed by atoms with van der Waals surface area (Å²) in [6, 6.07) is 21.8. The summed E-state index contributed by atoms with van der Waals surface area (Å²) in [6.45, 7) is 2.24. The number of carbonyl (C=O) groups excluding carboxylic acids is 1.